The standard InChI is InChI=1S/C30H31N7O/c1-21-13-14-27-24(16-21)17-26(30(38)32-27)28(29-33-34-35-37(29)25-11-5-6-12-25)36(19-22-8-3-2-4-9-22)20-23-10-7-15-31-18-23/h2-4,7-10,13-18,25,28H,5-6,11-12,19-20H2,1H3,(H,32,38)/t28-/m1/s1. The van der Waals surface area contributed by atoms with Gasteiger partial charge in [0.1, 0.15) is 6.04 Å². The number of nitrogens with zero attached hydrogens (tertiary/aromatic N) is 6. The van der Waals surface area contributed by atoms with Gasteiger partial charge in [0.15, 0.2) is 5.82 Å². The van der Waals surface area contributed by atoms with E-state index in [1.807, 2.05) is 53.3 Å². The van der Waals surface area contributed by atoms with Gasteiger partial charge in [0, 0.05) is 36.6 Å². The van der Waals surface area contributed by atoms with E-state index in [-0.39, 0.29) is 11.6 Å². The Kier molecular flexibility index (Phi) is 6.79. The number of hydrogen-bond donors (Lipinski definition) is 1. The van der Waals surface area contributed by atoms with Crippen LogP contribution in [-0.2, 0) is 13.1 Å². The molecule has 38 heavy (non-hydrogen) atoms. The van der Waals surface area contributed by atoms with E-state index in [4.69, 9.17) is 0 Å². The molecule has 1 fully saturated rings. The smallest absolute Gasteiger partial charge is 0.253 e. The topological polar surface area (TPSA) is 92.6 Å². The van der Waals surface area contributed by atoms with Gasteiger partial charge < -0.3 is 4.98 Å². The zero-order valence-electron chi connectivity index (χ0n) is 21.5. The number of H-pyrrole nitrogens is 1. The van der Waals surface area contributed by atoms with Crippen LogP contribution in [0.5, 0.6) is 0 Å². The van der Waals surface area contributed by atoms with Crippen molar-refractivity contribution >= 4 is 10.9 Å². The Balaban J connectivity index is 1.54. The fraction of sp³-hybridized carbons (Fsp3) is 0.300. The van der Waals surface area contributed by atoms with Crippen molar-refractivity contribution in [2.45, 2.75) is 57.8 Å². The summed E-state index contributed by atoms with van der Waals surface area (Å²) in [6.07, 6.45) is 8.06. The minimum Gasteiger partial charge on any atom is -0.322 e. The minimum absolute atomic E-state index is 0.128. The predicted molar refractivity (Wildman–Crippen MR) is 146 cm³/mol. The molecule has 8 nitrogen and oxygen atoms in total. The van der Waals surface area contributed by atoms with E-state index in [2.05, 4.69) is 61.6 Å². The van der Waals surface area contributed by atoms with Gasteiger partial charge in [-0.3, -0.25) is 14.7 Å². The van der Waals surface area contributed by atoms with Crippen LogP contribution in [0.4, 0.5) is 0 Å². The van der Waals surface area contributed by atoms with E-state index in [0.717, 1.165) is 53.3 Å². The molecule has 3 aromatic heterocycles. The van der Waals surface area contributed by atoms with Crippen LogP contribution in [0.15, 0.2) is 83.9 Å². The van der Waals surface area contributed by atoms with E-state index < -0.39 is 6.04 Å². The largest absolute Gasteiger partial charge is 0.322 e. The second-order valence-electron chi connectivity index (χ2n) is 10.2. The van der Waals surface area contributed by atoms with Gasteiger partial charge in [-0.25, -0.2) is 4.68 Å². The Morgan fingerprint density at radius 3 is 2.58 bits per heavy atom. The van der Waals surface area contributed by atoms with E-state index in [1.165, 1.54) is 0 Å². The summed E-state index contributed by atoms with van der Waals surface area (Å²) in [5, 5.41) is 14.1. The molecule has 1 aliphatic carbocycles. The van der Waals surface area contributed by atoms with Crippen molar-refractivity contribution in [2.75, 3.05) is 0 Å². The zero-order chi connectivity index (χ0) is 25.9. The van der Waals surface area contributed by atoms with Crippen LogP contribution in [-0.4, -0.2) is 35.1 Å². The Hall–Kier alpha value is -4.17. The van der Waals surface area contributed by atoms with Crippen molar-refractivity contribution in [3.05, 3.63) is 118 Å². The number of fused-ring (bicyclic) bond motifs is 1. The van der Waals surface area contributed by atoms with Gasteiger partial charge in [-0.1, -0.05) is 60.9 Å². The van der Waals surface area contributed by atoms with Gasteiger partial charge >= 0.3 is 0 Å². The Morgan fingerprint density at radius 2 is 1.79 bits per heavy atom. The van der Waals surface area contributed by atoms with Crippen LogP contribution < -0.4 is 5.56 Å². The minimum atomic E-state index is -0.459. The van der Waals surface area contributed by atoms with Gasteiger partial charge in [-0.05, 0) is 71.0 Å². The molecule has 8 heteroatoms. The summed E-state index contributed by atoms with van der Waals surface area (Å²) in [7, 11) is 0. The molecule has 0 saturated heterocycles. The summed E-state index contributed by atoms with van der Waals surface area (Å²) < 4.78 is 1.97. The molecule has 1 atom stereocenters. The third-order valence-electron chi connectivity index (χ3n) is 7.46. The van der Waals surface area contributed by atoms with Crippen LogP contribution in [0.3, 0.4) is 0 Å². The lowest BCUT2D eigenvalue weighted by Gasteiger charge is -2.31. The van der Waals surface area contributed by atoms with E-state index in [9.17, 15) is 4.79 Å². The van der Waals surface area contributed by atoms with Gasteiger partial charge in [0.25, 0.3) is 5.56 Å². The molecule has 5 aromatic rings. The fourth-order valence-corrected chi connectivity index (χ4v) is 5.62. The molecule has 1 N–H and O–H groups in total. The Morgan fingerprint density at radius 1 is 1.00 bits per heavy atom. The van der Waals surface area contributed by atoms with E-state index in [1.54, 1.807) is 6.20 Å². The first-order valence-corrected chi connectivity index (χ1v) is 13.2. The monoisotopic (exact) mass is 505 g/mol. The number of hydrogen-bond acceptors (Lipinski definition) is 6. The average Bonchev–Trinajstić information content (AvgIpc) is 3.63. The first-order valence-electron chi connectivity index (χ1n) is 13.2. The van der Waals surface area contributed by atoms with E-state index in [0.29, 0.717) is 24.5 Å². The quantitative estimate of drug-likeness (QED) is 0.315. The normalized spacial score (nSPS) is 14.9. The highest BCUT2D eigenvalue weighted by atomic mass is 16.1. The number of benzene rings is 2. The highest BCUT2D eigenvalue weighted by Crippen LogP contribution is 2.35. The van der Waals surface area contributed by atoms with Gasteiger partial charge in [-0.2, -0.15) is 0 Å². The third-order valence-corrected chi connectivity index (χ3v) is 7.46. The molecule has 6 rings (SSSR count). The fourth-order valence-electron chi connectivity index (χ4n) is 5.62. The molecule has 1 aliphatic rings. The highest BCUT2D eigenvalue weighted by Gasteiger charge is 2.33. The first kappa shape index (κ1) is 24.2. The number of nitrogens with one attached hydrogen (secondary N) is 1. The van der Waals surface area contributed by atoms with Crippen LogP contribution in [0.1, 0.15) is 65.8 Å². The molecule has 2 aromatic carbocycles. The predicted octanol–water partition coefficient (Wildman–Crippen LogP) is 5.12. The Labute approximate surface area is 221 Å². The van der Waals surface area contributed by atoms with Crippen LogP contribution in [0.2, 0.25) is 0 Å². The van der Waals surface area contributed by atoms with Crippen LogP contribution in [0, 0.1) is 6.92 Å². The Bertz CT molecular complexity index is 1530. The molecule has 0 aliphatic heterocycles. The molecule has 0 spiro atoms. The summed E-state index contributed by atoms with van der Waals surface area (Å²) in [5.74, 6) is 0.703. The van der Waals surface area contributed by atoms with Crippen molar-refractivity contribution < 1.29 is 0 Å². The van der Waals surface area contributed by atoms with Crippen molar-refractivity contribution in [1.82, 2.24) is 35.1 Å². The number of tetrazole rings is 1. The average molecular weight is 506 g/mol. The molecule has 3 heterocycles. The van der Waals surface area contributed by atoms with Gasteiger partial charge in [0.2, 0.25) is 0 Å². The van der Waals surface area contributed by atoms with Gasteiger partial charge in [0.05, 0.1) is 6.04 Å². The molecule has 0 bridgehead atoms. The number of aromatic amines is 1. The van der Waals surface area contributed by atoms with Crippen molar-refractivity contribution in [3.8, 4) is 0 Å². The number of rotatable bonds is 8. The van der Waals surface area contributed by atoms with Crippen molar-refractivity contribution in [3.63, 3.8) is 0 Å². The molecule has 0 radical (unpaired) electrons. The first-order chi connectivity index (χ1) is 18.7. The maximum Gasteiger partial charge on any atom is 0.253 e. The lowest BCUT2D eigenvalue weighted by Crippen LogP contribution is -2.35. The third kappa shape index (κ3) is 4.99. The van der Waals surface area contributed by atoms with Crippen LogP contribution >= 0.6 is 0 Å². The number of aryl methyl sites for hydroxylation is 1. The molecule has 0 unspecified atom stereocenters. The van der Waals surface area contributed by atoms with Crippen LogP contribution in [0.25, 0.3) is 10.9 Å². The zero-order valence-corrected chi connectivity index (χ0v) is 21.5. The summed E-state index contributed by atoms with van der Waals surface area (Å²) in [4.78, 5) is 23.5. The maximum atomic E-state index is 13.7. The summed E-state index contributed by atoms with van der Waals surface area (Å²) >= 11 is 0. The molecular weight excluding hydrogens is 474 g/mol. The number of pyridine rings is 2. The lowest BCUT2D eigenvalue weighted by atomic mass is 10.0. The van der Waals surface area contributed by atoms with Gasteiger partial charge in [-0.15, -0.1) is 5.10 Å². The summed E-state index contributed by atoms with van der Waals surface area (Å²) in [6, 6.07) is 22.2. The molecule has 1 saturated carbocycles. The van der Waals surface area contributed by atoms with E-state index >= 15 is 0 Å². The van der Waals surface area contributed by atoms with Crippen molar-refractivity contribution in [1.29, 1.82) is 0 Å². The molecular formula is C30H31N7O. The SMILES string of the molecule is Cc1ccc2[nH]c(=O)c([C@H](c3nnnn3C3CCCC3)N(Cc3ccccc3)Cc3cccnc3)cc2c1. The number of aromatic nitrogens is 6. The van der Waals surface area contributed by atoms with Crippen molar-refractivity contribution in [2.24, 2.45) is 0 Å². The second kappa shape index (κ2) is 10.7. The lowest BCUT2D eigenvalue weighted by molar-refractivity contribution is 0.190. The highest BCUT2D eigenvalue weighted by molar-refractivity contribution is 5.79. The summed E-state index contributed by atoms with van der Waals surface area (Å²) in [6.45, 7) is 3.26. The second-order valence-corrected chi connectivity index (χ2v) is 10.2. The molecule has 0 amide bonds. The molecule has 192 valence electrons. The summed E-state index contributed by atoms with van der Waals surface area (Å²) in [5.41, 5.74) is 4.67. The maximum absolute atomic E-state index is 13.7.